The van der Waals surface area contributed by atoms with Gasteiger partial charge in [-0.2, -0.15) is 0 Å². The van der Waals surface area contributed by atoms with Crippen LogP contribution in [0.5, 0.6) is 0 Å². The van der Waals surface area contributed by atoms with Crippen molar-refractivity contribution >= 4 is 26.7 Å². The van der Waals surface area contributed by atoms with E-state index in [1.54, 1.807) is 0 Å². The molecule has 1 aromatic rings. The fraction of sp³-hybridized carbons (Fsp3) is 0.773. The maximum atomic E-state index is 6.61. The molecule has 0 spiro atoms. The minimum Gasteiger partial charge on any atom is -0.414 e. The molecule has 0 bridgehead atoms. The molecule has 0 amide bonds. The first-order valence-electron chi connectivity index (χ1n) is 11.0. The molecule has 29 heavy (non-hydrogen) atoms. The van der Waals surface area contributed by atoms with Crippen molar-refractivity contribution < 1.29 is 13.7 Å². The predicted octanol–water partition coefficient (Wildman–Crippen LogP) is 4.37. The summed E-state index contributed by atoms with van der Waals surface area (Å²) >= 11 is 0. The molecule has 0 unspecified atom stereocenters. The Labute approximate surface area is 178 Å². The fourth-order valence-corrected chi connectivity index (χ4v) is 4.92. The minimum atomic E-state index is -1.70. The lowest BCUT2D eigenvalue weighted by Crippen LogP contribution is -2.47. The van der Waals surface area contributed by atoms with Crippen molar-refractivity contribution in [2.75, 3.05) is 18.0 Å². The molecule has 0 radical (unpaired) electrons. The summed E-state index contributed by atoms with van der Waals surface area (Å²) in [5.74, 6) is 1.02. The number of hydrogen-bond acceptors (Lipinski definition) is 5. The van der Waals surface area contributed by atoms with Crippen LogP contribution in [0.2, 0.25) is 18.1 Å². The normalized spacial score (nSPS) is 22.9. The molecule has 2 saturated heterocycles. The molecular formula is C22H39BN2O3Si. The van der Waals surface area contributed by atoms with Crippen molar-refractivity contribution in [2.24, 2.45) is 0 Å². The highest BCUT2D eigenvalue weighted by Gasteiger charge is 2.51. The Hall–Kier alpha value is -0.888. The number of anilines is 1. The van der Waals surface area contributed by atoms with Crippen molar-refractivity contribution in [3.8, 4) is 0 Å². The number of hydrogen-bond donors (Lipinski definition) is 0. The largest absolute Gasteiger partial charge is 0.496 e. The molecule has 7 heteroatoms. The average molecular weight is 418 g/mol. The smallest absolute Gasteiger partial charge is 0.414 e. The second-order valence-electron chi connectivity index (χ2n) is 11.1. The van der Waals surface area contributed by atoms with E-state index in [2.05, 4.69) is 78.6 Å². The third-order valence-corrected chi connectivity index (χ3v) is 11.9. The van der Waals surface area contributed by atoms with Gasteiger partial charge >= 0.3 is 7.12 Å². The third kappa shape index (κ3) is 4.73. The number of piperidine rings is 1. The molecule has 2 aliphatic rings. The van der Waals surface area contributed by atoms with Crippen LogP contribution in [0.15, 0.2) is 18.3 Å². The van der Waals surface area contributed by atoms with Gasteiger partial charge in [-0.3, -0.25) is 0 Å². The van der Waals surface area contributed by atoms with Crippen LogP contribution in [0.25, 0.3) is 0 Å². The summed E-state index contributed by atoms with van der Waals surface area (Å²) in [7, 11) is -2.06. The average Bonchev–Trinajstić information content (AvgIpc) is 2.82. The molecule has 2 aliphatic heterocycles. The van der Waals surface area contributed by atoms with E-state index in [9.17, 15) is 0 Å². The van der Waals surface area contributed by atoms with E-state index < -0.39 is 8.32 Å². The Bertz CT molecular complexity index is 692. The van der Waals surface area contributed by atoms with Crippen LogP contribution in [0.4, 0.5) is 5.82 Å². The van der Waals surface area contributed by atoms with E-state index in [0.717, 1.165) is 37.2 Å². The third-order valence-electron chi connectivity index (χ3n) is 7.33. The number of pyridine rings is 1. The van der Waals surface area contributed by atoms with Gasteiger partial charge in [0.25, 0.3) is 0 Å². The first kappa shape index (κ1) is 22.8. The summed E-state index contributed by atoms with van der Waals surface area (Å²) in [5.41, 5.74) is 0.314. The standard InChI is InChI=1S/C22H39BN2O3Si/c1-20(2,3)29(8,9)26-18-12-14-25(15-13-18)19-11-10-17(16-24-19)23-27-21(4,5)22(6,7)28-23/h10-11,16,18H,12-15H2,1-9H3. The molecule has 0 atom stereocenters. The first-order valence-corrected chi connectivity index (χ1v) is 13.9. The van der Waals surface area contributed by atoms with Crippen LogP contribution < -0.4 is 10.4 Å². The summed E-state index contributed by atoms with van der Waals surface area (Å²) in [6.45, 7) is 21.9. The van der Waals surface area contributed by atoms with Gasteiger partial charge in [0.1, 0.15) is 5.82 Å². The van der Waals surface area contributed by atoms with E-state index in [4.69, 9.17) is 18.7 Å². The van der Waals surface area contributed by atoms with Gasteiger partial charge in [-0.25, -0.2) is 4.98 Å². The number of nitrogens with zero attached hydrogens (tertiary/aromatic N) is 2. The predicted molar refractivity (Wildman–Crippen MR) is 123 cm³/mol. The number of rotatable bonds is 4. The highest BCUT2D eigenvalue weighted by molar-refractivity contribution is 6.74. The van der Waals surface area contributed by atoms with Gasteiger partial charge in [0, 0.05) is 30.9 Å². The Morgan fingerprint density at radius 3 is 2.07 bits per heavy atom. The molecule has 3 rings (SSSR count). The molecule has 2 fully saturated rings. The highest BCUT2D eigenvalue weighted by atomic mass is 28.4. The molecule has 1 aromatic heterocycles. The second kappa shape index (κ2) is 7.66. The van der Waals surface area contributed by atoms with Crippen molar-refractivity contribution in [3.63, 3.8) is 0 Å². The lowest BCUT2D eigenvalue weighted by molar-refractivity contribution is 0.00578. The van der Waals surface area contributed by atoms with Crippen molar-refractivity contribution in [1.82, 2.24) is 4.98 Å². The summed E-state index contributed by atoms with van der Waals surface area (Å²) in [6.07, 6.45) is 4.40. The van der Waals surface area contributed by atoms with E-state index in [1.807, 2.05) is 6.20 Å². The minimum absolute atomic E-state index is 0.259. The van der Waals surface area contributed by atoms with E-state index in [0.29, 0.717) is 6.10 Å². The molecule has 162 valence electrons. The zero-order chi connectivity index (χ0) is 21.7. The zero-order valence-corrected chi connectivity index (χ0v) is 20.8. The SMILES string of the molecule is CC1(C)OB(c2ccc(N3CCC(O[Si](C)(C)C(C)(C)C)CC3)nc2)OC1(C)C. The summed E-state index contributed by atoms with van der Waals surface area (Å²) in [5, 5.41) is 0.259. The molecule has 3 heterocycles. The van der Waals surface area contributed by atoms with Crippen molar-refractivity contribution in [1.29, 1.82) is 0 Å². The maximum Gasteiger partial charge on any atom is 0.496 e. The molecule has 0 saturated carbocycles. The lowest BCUT2D eigenvalue weighted by Gasteiger charge is -2.42. The topological polar surface area (TPSA) is 43.8 Å². The van der Waals surface area contributed by atoms with Crippen LogP contribution >= 0.6 is 0 Å². The lowest BCUT2D eigenvalue weighted by atomic mass is 9.80. The van der Waals surface area contributed by atoms with Gasteiger partial charge in [-0.15, -0.1) is 0 Å². The Kier molecular flexibility index (Phi) is 6.02. The van der Waals surface area contributed by atoms with Crippen molar-refractivity contribution in [2.45, 2.75) is 96.7 Å². The van der Waals surface area contributed by atoms with Crippen LogP contribution in [-0.4, -0.2) is 50.8 Å². The van der Waals surface area contributed by atoms with Gasteiger partial charge in [-0.1, -0.05) is 26.8 Å². The molecular weight excluding hydrogens is 379 g/mol. The van der Waals surface area contributed by atoms with Crippen molar-refractivity contribution in [3.05, 3.63) is 18.3 Å². The van der Waals surface area contributed by atoms with Crippen LogP contribution in [-0.2, 0) is 13.7 Å². The monoisotopic (exact) mass is 418 g/mol. The van der Waals surface area contributed by atoms with E-state index in [1.165, 1.54) is 0 Å². The fourth-order valence-electron chi connectivity index (χ4n) is 3.50. The second-order valence-corrected chi connectivity index (χ2v) is 15.9. The maximum absolute atomic E-state index is 6.61. The van der Waals surface area contributed by atoms with Crippen LogP contribution in [0.1, 0.15) is 61.3 Å². The first-order chi connectivity index (χ1) is 13.2. The van der Waals surface area contributed by atoms with Gasteiger partial charge in [-0.05, 0) is 64.7 Å². The van der Waals surface area contributed by atoms with Gasteiger partial charge in [0.15, 0.2) is 8.32 Å². The van der Waals surface area contributed by atoms with E-state index >= 15 is 0 Å². The van der Waals surface area contributed by atoms with Crippen LogP contribution in [0.3, 0.4) is 0 Å². The molecule has 0 aliphatic carbocycles. The Morgan fingerprint density at radius 2 is 1.62 bits per heavy atom. The van der Waals surface area contributed by atoms with Crippen LogP contribution in [0, 0.1) is 0 Å². The quantitative estimate of drug-likeness (QED) is 0.680. The highest BCUT2D eigenvalue weighted by Crippen LogP contribution is 2.39. The van der Waals surface area contributed by atoms with E-state index in [-0.39, 0.29) is 23.4 Å². The molecule has 5 nitrogen and oxygen atoms in total. The Balaban J connectivity index is 1.57. The number of aromatic nitrogens is 1. The molecule has 0 N–H and O–H groups in total. The summed E-state index contributed by atoms with van der Waals surface area (Å²) in [6, 6.07) is 4.18. The molecule has 0 aromatic carbocycles. The zero-order valence-electron chi connectivity index (χ0n) is 19.8. The van der Waals surface area contributed by atoms with Gasteiger partial charge in [0.05, 0.1) is 11.2 Å². The summed E-state index contributed by atoms with van der Waals surface area (Å²) in [4.78, 5) is 7.08. The summed E-state index contributed by atoms with van der Waals surface area (Å²) < 4.78 is 18.9. The Morgan fingerprint density at radius 1 is 1.07 bits per heavy atom. The van der Waals surface area contributed by atoms with Gasteiger partial charge < -0.3 is 18.6 Å². The van der Waals surface area contributed by atoms with Gasteiger partial charge in [0.2, 0.25) is 0 Å².